The Morgan fingerprint density at radius 2 is 1.83 bits per heavy atom. The number of hydrogen-bond acceptors (Lipinski definition) is 6. The molecule has 0 aliphatic heterocycles. The summed E-state index contributed by atoms with van der Waals surface area (Å²) >= 11 is 0. The standard InChI is InChI=1S/C24H16F3N7O/c1-33-20-12-30-19-5-3-14(15-7-16(10-29-9-15)24(25,26)27)8-18(19)22(20)34(23(33)32-13-28)17-4-6-21(35-2)31-11-17/h3-12H,1-2H3/b32-23-. The van der Waals surface area contributed by atoms with Gasteiger partial charge in [0, 0.05) is 36.5 Å². The number of alkyl halides is 3. The highest BCUT2D eigenvalue weighted by Gasteiger charge is 2.31. The van der Waals surface area contributed by atoms with Crippen LogP contribution >= 0.6 is 0 Å². The van der Waals surface area contributed by atoms with Gasteiger partial charge in [-0.2, -0.15) is 18.4 Å². The molecular formula is C24H16F3N7O. The average Bonchev–Trinajstić information content (AvgIpc) is 3.15. The SMILES string of the molecule is COc1ccc(-n2/c(=N\C#N)n(C)c3cnc4ccc(-c5cncc(C(F)(F)F)c5)cc4c32)cn1. The highest BCUT2D eigenvalue weighted by Crippen LogP contribution is 2.33. The molecule has 0 bridgehead atoms. The fourth-order valence-corrected chi connectivity index (χ4v) is 3.98. The zero-order valence-electron chi connectivity index (χ0n) is 18.4. The van der Waals surface area contributed by atoms with Gasteiger partial charge in [-0.3, -0.25) is 14.5 Å². The first-order valence-electron chi connectivity index (χ1n) is 10.3. The number of imidazole rings is 1. The maximum Gasteiger partial charge on any atom is 0.417 e. The summed E-state index contributed by atoms with van der Waals surface area (Å²) in [6, 6.07) is 9.70. The Morgan fingerprint density at radius 1 is 1.00 bits per heavy atom. The van der Waals surface area contributed by atoms with Crippen molar-refractivity contribution in [1.29, 1.82) is 5.26 Å². The number of fused-ring (bicyclic) bond motifs is 3. The van der Waals surface area contributed by atoms with Crippen molar-refractivity contribution in [1.82, 2.24) is 24.1 Å². The van der Waals surface area contributed by atoms with E-state index >= 15 is 0 Å². The van der Waals surface area contributed by atoms with Gasteiger partial charge in [-0.15, -0.1) is 4.99 Å². The number of rotatable bonds is 3. The third-order valence-electron chi connectivity index (χ3n) is 5.64. The molecule has 11 heteroatoms. The second-order valence-electron chi connectivity index (χ2n) is 7.65. The van der Waals surface area contributed by atoms with Crippen LogP contribution in [0.1, 0.15) is 5.56 Å². The minimum atomic E-state index is -4.51. The van der Waals surface area contributed by atoms with Crippen molar-refractivity contribution < 1.29 is 17.9 Å². The normalized spacial score (nSPS) is 12.3. The van der Waals surface area contributed by atoms with E-state index in [-0.39, 0.29) is 0 Å². The monoisotopic (exact) mass is 475 g/mol. The van der Waals surface area contributed by atoms with E-state index in [4.69, 9.17) is 4.74 Å². The maximum absolute atomic E-state index is 13.3. The molecular weight excluding hydrogens is 459 g/mol. The molecule has 0 radical (unpaired) electrons. The van der Waals surface area contributed by atoms with Crippen molar-refractivity contribution in [3.8, 4) is 28.9 Å². The first kappa shape index (κ1) is 22.1. The highest BCUT2D eigenvalue weighted by molar-refractivity contribution is 6.04. The minimum absolute atomic E-state index is 0.314. The number of methoxy groups -OCH3 is 1. The number of aryl methyl sites for hydroxylation is 1. The van der Waals surface area contributed by atoms with Crippen LogP contribution in [0.4, 0.5) is 13.2 Å². The van der Waals surface area contributed by atoms with Gasteiger partial charge in [0.25, 0.3) is 0 Å². The van der Waals surface area contributed by atoms with Gasteiger partial charge < -0.3 is 9.30 Å². The van der Waals surface area contributed by atoms with E-state index in [1.165, 1.54) is 13.3 Å². The predicted molar refractivity (Wildman–Crippen MR) is 121 cm³/mol. The molecule has 0 aliphatic carbocycles. The van der Waals surface area contributed by atoms with E-state index in [0.717, 1.165) is 12.3 Å². The molecule has 0 atom stereocenters. The number of pyridine rings is 3. The molecule has 1 aromatic carbocycles. The molecule has 0 saturated heterocycles. The van der Waals surface area contributed by atoms with E-state index in [0.29, 0.717) is 50.2 Å². The number of aromatic nitrogens is 5. The molecule has 0 unspecified atom stereocenters. The molecule has 4 heterocycles. The number of nitriles is 1. The summed E-state index contributed by atoms with van der Waals surface area (Å²) in [4.78, 5) is 16.5. The van der Waals surface area contributed by atoms with Gasteiger partial charge >= 0.3 is 6.18 Å². The molecule has 0 fully saturated rings. The van der Waals surface area contributed by atoms with Gasteiger partial charge in [-0.05, 0) is 29.8 Å². The fraction of sp³-hybridized carbons (Fsp3) is 0.125. The first-order valence-corrected chi connectivity index (χ1v) is 10.3. The van der Waals surface area contributed by atoms with Crippen LogP contribution in [0.15, 0.2) is 66.2 Å². The molecule has 0 spiro atoms. The molecule has 5 rings (SSSR count). The lowest BCUT2D eigenvalue weighted by atomic mass is 10.0. The molecule has 0 saturated carbocycles. The summed E-state index contributed by atoms with van der Waals surface area (Å²) in [5, 5.41) is 9.98. The lowest BCUT2D eigenvalue weighted by Gasteiger charge is -2.10. The van der Waals surface area contributed by atoms with Gasteiger partial charge in [0.15, 0.2) is 0 Å². The smallest absolute Gasteiger partial charge is 0.417 e. The van der Waals surface area contributed by atoms with Crippen molar-refractivity contribution in [2.45, 2.75) is 6.18 Å². The summed E-state index contributed by atoms with van der Waals surface area (Å²) in [5.41, 5.74) is 2.91. The molecule has 0 N–H and O–H groups in total. The molecule has 5 aromatic rings. The van der Waals surface area contributed by atoms with Crippen LogP contribution in [0.2, 0.25) is 0 Å². The Bertz CT molecular complexity index is 1690. The molecule has 0 aliphatic rings. The number of nitrogens with zero attached hydrogens (tertiary/aromatic N) is 7. The number of ether oxygens (including phenoxy) is 1. The fourth-order valence-electron chi connectivity index (χ4n) is 3.98. The van der Waals surface area contributed by atoms with Crippen LogP contribution in [0.3, 0.4) is 0 Å². The number of hydrogen-bond donors (Lipinski definition) is 0. The highest BCUT2D eigenvalue weighted by atomic mass is 19.4. The Labute approximate surface area is 196 Å². The first-order chi connectivity index (χ1) is 16.8. The van der Waals surface area contributed by atoms with Gasteiger partial charge in [0.2, 0.25) is 17.7 Å². The maximum atomic E-state index is 13.3. The lowest BCUT2D eigenvalue weighted by Crippen LogP contribution is -2.22. The van der Waals surface area contributed by atoms with Crippen LogP contribution in [0.25, 0.3) is 38.8 Å². The third-order valence-corrected chi connectivity index (χ3v) is 5.64. The predicted octanol–water partition coefficient (Wildman–Crippen LogP) is 4.38. The van der Waals surface area contributed by atoms with Crippen molar-refractivity contribution in [2.75, 3.05) is 7.11 Å². The van der Waals surface area contributed by atoms with Gasteiger partial charge in [-0.25, -0.2) is 4.98 Å². The summed E-state index contributed by atoms with van der Waals surface area (Å²) in [6.07, 6.45) is 2.74. The van der Waals surface area contributed by atoms with E-state index in [9.17, 15) is 18.4 Å². The zero-order valence-corrected chi connectivity index (χ0v) is 18.4. The molecule has 8 nitrogen and oxygen atoms in total. The molecule has 35 heavy (non-hydrogen) atoms. The molecule has 0 amide bonds. The zero-order chi connectivity index (χ0) is 24.7. The van der Waals surface area contributed by atoms with Crippen LogP contribution in [0.5, 0.6) is 5.88 Å². The Kier molecular flexibility index (Phi) is 5.21. The summed E-state index contributed by atoms with van der Waals surface area (Å²) in [5.74, 6) is 0.416. The van der Waals surface area contributed by atoms with Crippen LogP contribution in [-0.4, -0.2) is 31.2 Å². The van der Waals surface area contributed by atoms with Crippen molar-refractivity contribution >= 4 is 21.9 Å². The topological polar surface area (TPSA) is 93.9 Å². The third kappa shape index (κ3) is 3.74. The van der Waals surface area contributed by atoms with Crippen LogP contribution < -0.4 is 10.4 Å². The van der Waals surface area contributed by atoms with Crippen LogP contribution in [0, 0.1) is 11.5 Å². The Morgan fingerprint density at radius 3 is 2.51 bits per heavy atom. The summed E-state index contributed by atoms with van der Waals surface area (Å²) in [6.45, 7) is 0. The second kappa shape index (κ2) is 8.25. The largest absolute Gasteiger partial charge is 0.481 e. The van der Waals surface area contributed by atoms with Crippen molar-refractivity contribution in [3.63, 3.8) is 0 Å². The Balaban J connectivity index is 1.84. The van der Waals surface area contributed by atoms with E-state index < -0.39 is 11.7 Å². The number of benzene rings is 1. The summed E-state index contributed by atoms with van der Waals surface area (Å²) in [7, 11) is 3.26. The summed E-state index contributed by atoms with van der Waals surface area (Å²) < 4.78 is 48.4. The molecule has 4 aromatic heterocycles. The quantitative estimate of drug-likeness (QED) is 0.361. The van der Waals surface area contributed by atoms with E-state index in [1.807, 2.05) is 6.19 Å². The van der Waals surface area contributed by atoms with Crippen molar-refractivity contribution in [2.24, 2.45) is 12.0 Å². The number of halogens is 3. The lowest BCUT2D eigenvalue weighted by molar-refractivity contribution is -0.137. The van der Waals surface area contributed by atoms with Crippen LogP contribution in [-0.2, 0) is 13.2 Å². The van der Waals surface area contributed by atoms with Gasteiger partial charge in [-0.1, -0.05) is 6.07 Å². The van der Waals surface area contributed by atoms with E-state index in [1.54, 1.807) is 58.9 Å². The van der Waals surface area contributed by atoms with Crippen molar-refractivity contribution in [3.05, 3.63) is 72.4 Å². The minimum Gasteiger partial charge on any atom is -0.481 e. The van der Waals surface area contributed by atoms with Gasteiger partial charge in [0.1, 0.15) is 0 Å². The van der Waals surface area contributed by atoms with Gasteiger partial charge in [0.05, 0.1) is 47.3 Å². The Hall–Kier alpha value is -4.72. The molecule has 174 valence electrons. The van der Waals surface area contributed by atoms with E-state index in [2.05, 4.69) is 19.9 Å². The second-order valence-corrected chi connectivity index (χ2v) is 7.65. The average molecular weight is 475 g/mol.